The van der Waals surface area contributed by atoms with Crippen molar-refractivity contribution in [3.63, 3.8) is 0 Å². The van der Waals surface area contributed by atoms with Gasteiger partial charge in [0.15, 0.2) is 5.78 Å². The molecule has 2 bridgehead atoms. The average molecular weight is 743 g/mol. The summed E-state index contributed by atoms with van der Waals surface area (Å²) in [5.74, 6) is -1.23. The Bertz CT molecular complexity index is 2080. The summed E-state index contributed by atoms with van der Waals surface area (Å²) < 4.78 is 0. The van der Waals surface area contributed by atoms with E-state index in [1.807, 2.05) is 12.1 Å². The van der Waals surface area contributed by atoms with E-state index in [-0.39, 0.29) is 46.0 Å². The van der Waals surface area contributed by atoms with Gasteiger partial charge in [-0.05, 0) is 87.3 Å². The number of phenols is 2. The number of nitrogens with one attached hydrogen (secondary N) is 2. The summed E-state index contributed by atoms with van der Waals surface area (Å²) in [6.07, 6.45) is 14.5. The van der Waals surface area contributed by atoms with Gasteiger partial charge in [-0.25, -0.2) is 0 Å². The van der Waals surface area contributed by atoms with Gasteiger partial charge in [-0.2, -0.15) is 0 Å². The first-order valence-corrected chi connectivity index (χ1v) is 18.7. The van der Waals surface area contributed by atoms with Crippen molar-refractivity contribution in [2.75, 3.05) is 18.4 Å². The summed E-state index contributed by atoms with van der Waals surface area (Å²) in [5, 5.41) is 29.3. The SMILES string of the molecule is CC1=CC2Cc3nc4cc(Cl)ccc4c(NCCCCCCCCCCNC(=O)c4cc(O)c5c(c4)C(=O)c4cccc(O)c4C5=O)c3C(C1)C2.Cl. The molecule has 272 valence electrons. The number of allylic oxidation sites excluding steroid dienone is 2. The third kappa shape index (κ3) is 7.55. The largest absolute Gasteiger partial charge is 0.507 e. The van der Waals surface area contributed by atoms with Crippen LogP contribution in [-0.2, 0) is 6.42 Å². The molecule has 3 aromatic carbocycles. The number of amides is 1. The van der Waals surface area contributed by atoms with E-state index < -0.39 is 23.2 Å². The summed E-state index contributed by atoms with van der Waals surface area (Å²) in [5.41, 5.74) is 6.19. The van der Waals surface area contributed by atoms with Crippen molar-refractivity contribution in [1.29, 1.82) is 0 Å². The molecule has 8 nitrogen and oxygen atoms in total. The monoisotopic (exact) mass is 741 g/mol. The summed E-state index contributed by atoms with van der Waals surface area (Å²) >= 11 is 6.36. The van der Waals surface area contributed by atoms with E-state index in [1.165, 1.54) is 83.9 Å². The fraction of sp³-hybridized carbons (Fsp3) is 0.381. The second kappa shape index (κ2) is 16.1. The van der Waals surface area contributed by atoms with E-state index in [9.17, 15) is 24.6 Å². The van der Waals surface area contributed by atoms with Crippen LogP contribution in [0.3, 0.4) is 0 Å². The Hall–Kier alpha value is -4.40. The maximum atomic E-state index is 13.1. The molecule has 1 aromatic heterocycles. The van der Waals surface area contributed by atoms with E-state index in [0.29, 0.717) is 18.4 Å². The number of aromatic hydroxyl groups is 2. The van der Waals surface area contributed by atoms with Crippen molar-refractivity contribution in [2.24, 2.45) is 5.92 Å². The molecule has 4 aromatic rings. The quantitative estimate of drug-likeness (QED) is 0.0699. The highest BCUT2D eigenvalue weighted by molar-refractivity contribution is 6.31. The van der Waals surface area contributed by atoms with Crippen LogP contribution in [0.25, 0.3) is 10.9 Å². The molecule has 2 atom stereocenters. The first-order valence-electron chi connectivity index (χ1n) is 18.3. The van der Waals surface area contributed by atoms with Gasteiger partial charge in [-0.1, -0.05) is 73.9 Å². The highest BCUT2D eigenvalue weighted by atomic mass is 35.5. The summed E-state index contributed by atoms with van der Waals surface area (Å²) in [6, 6.07) is 12.9. The zero-order chi connectivity index (χ0) is 35.6. The predicted molar refractivity (Wildman–Crippen MR) is 208 cm³/mol. The molecule has 0 saturated carbocycles. The van der Waals surface area contributed by atoms with Gasteiger partial charge < -0.3 is 20.8 Å². The van der Waals surface area contributed by atoms with Crippen LogP contribution in [-0.4, -0.2) is 45.8 Å². The molecule has 4 N–H and O–H groups in total. The van der Waals surface area contributed by atoms with Gasteiger partial charge in [0, 0.05) is 57.1 Å². The number of phenolic OH excluding ortho intramolecular Hbond substituents is 2. The normalized spacial score (nSPS) is 17.1. The van der Waals surface area contributed by atoms with Crippen LogP contribution >= 0.6 is 24.0 Å². The number of carbonyl (C=O) groups excluding carboxylic acids is 3. The number of fused-ring (bicyclic) bond motifs is 7. The number of rotatable bonds is 13. The molecule has 3 aliphatic rings. The lowest BCUT2D eigenvalue weighted by molar-refractivity contribution is 0.0948. The maximum Gasteiger partial charge on any atom is 0.251 e. The van der Waals surface area contributed by atoms with Gasteiger partial charge >= 0.3 is 0 Å². The average Bonchev–Trinajstić information content (AvgIpc) is 3.09. The topological polar surface area (TPSA) is 129 Å². The lowest BCUT2D eigenvalue weighted by atomic mass is 9.71. The first-order chi connectivity index (χ1) is 24.7. The van der Waals surface area contributed by atoms with Crippen molar-refractivity contribution in [2.45, 2.75) is 83.5 Å². The Morgan fingerprint density at radius 2 is 1.56 bits per heavy atom. The minimum Gasteiger partial charge on any atom is -0.507 e. The number of pyridine rings is 1. The Balaban J connectivity index is 0.00000464. The molecule has 0 radical (unpaired) electrons. The molecule has 3 aliphatic carbocycles. The van der Waals surface area contributed by atoms with Crippen molar-refractivity contribution in [1.82, 2.24) is 10.3 Å². The van der Waals surface area contributed by atoms with Crippen LogP contribution < -0.4 is 10.6 Å². The molecule has 10 heteroatoms. The number of halogens is 2. The standard InChI is InChI=1S/C42H44ClN3O5.ClH/c1-24-17-25-19-26(18-24)36-33(20-25)46-32-23-28(43)13-14-29(32)39(36)44-15-8-6-4-2-3-5-7-9-16-45-42(51)27-21-31-38(35(48)22-27)41(50)37-30(40(31)49)11-10-12-34(37)47;/h10-14,17,21-23,25-26,47-48H,2-9,15-16,18-20H2,1H3,(H,44,46)(H,45,51);1H. The molecule has 1 heterocycles. The highest BCUT2D eigenvalue weighted by Gasteiger charge is 2.35. The van der Waals surface area contributed by atoms with Crippen LogP contribution in [0, 0.1) is 5.92 Å². The number of benzene rings is 3. The van der Waals surface area contributed by atoms with Crippen molar-refractivity contribution in [3.05, 3.63) is 104 Å². The van der Waals surface area contributed by atoms with Crippen LogP contribution in [0.4, 0.5) is 5.69 Å². The summed E-state index contributed by atoms with van der Waals surface area (Å²) in [4.78, 5) is 44.0. The number of ketones is 2. The second-order valence-corrected chi connectivity index (χ2v) is 14.8. The van der Waals surface area contributed by atoms with E-state index >= 15 is 0 Å². The van der Waals surface area contributed by atoms with E-state index in [1.54, 1.807) is 0 Å². The molecule has 0 saturated heterocycles. The lowest BCUT2D eigenvalue weighted by Crippen LogP contribution is -2.26. The Kier molecular flexibility index (Phi) is 11.6. The van der Waals surface area contributed by atoms with Crippen LogP contribution in [0.2, 0.25) is 5.02 Å². The summed E-state index contributed by atoms with van der Waals surface area (Å²) in [7, 11) is 0. The number of anilines is 1. The first kappa shape index (κ1) is 37.4. The van der Waals surface area contributed by atoms with E-state index in [0.717, 1.165) is 62.0 Å². The van der Waals surface area contributed by atoms with Gasteiger partial charge in [-0.3, -0.25) is 19.4 Å². The van der Waals surface area contributed by atoms with E-state index in [4.69, 9.17) is 16.6 Å². The second-order valence-electron chi connectivity index (χ2n) is 14.4. The van der Waals surface area contributed by atoms with Crippen LogP contribution in [0.1, 0.15) is 131 Å². The minimum absolute atomic E-state index is 0. The van der Waals surface area contributed by atoms with Crippen molar-refractivity contribution >= 4 is 58.1 Å². The Morgan fingerprint density at radius 3 is 2.33 bits per heavy atom. The summed E-state index contributed by atoms with van der Waals surface area (Å²) in [6.45, 7) is 3.67. The fourth-order valence-corrected chi connectivity index (χ4v) is 8.48. The number of hydrogen-bond donors (Lipinski definition) is 4. The number of carbonyl (C=O) groups is 3. The molecule has 7 rings (SSSR count). The van der Waals surface area contributed by atoms with Crippen molar-refractivity contribution < 1.29 is 24.6 Å². The smallest absolute Gasteiger partial charge is 0.251 e. The maximum absolute atomic E-state index is 13.1. The van der Waals surface area contributed by atoms with Gasteiger partial charge in [-0.15, -0.1) is 12.4 Å². The van der Waals surface area contributed by atoms with Gasteiger partial charge in [0.1, 0.15) is 11.5 Å². The molecule has 52 heavy (non-hydrogen) atoms. The van der Waals surface area contributed by atoms with Crippen LogP contribution in [0.15, 0.2) is 60.2 Å². The molecule has 2 unspecified atom stereocenters. The number of nitrogens with zero attached hydrogens (tertiary/aromatic N) is 1. The zero-order valence-corrected chi connectivity index (χ0v) is 31.0. The molecular weight excluding hydrogens is 697 g/mol. The molecule has 0 aliphatic heterocycles. The number of unbranched alkanes of at least 4 members (excludes halogenated alkanes) is 7. The molecule has 0 spiro atoms. The number of aromatic nitrogens is 1. The third-order valence-corrected chi connectivity index (χ3v) is 10.9. The van der Waals surface area contributed by atoms with Gasteiger partial charge in [0.25, 0.3) is 5.91 Å². The minimum atomic E-state index is -0.642. The highest BCUT2D eigenvalue weighted by Crippen LogP contribution is 2.47. The molecule has 1 amide bonds. The number of hydrogen-bond acceptors (Lipinski definition) is 7. The van der Waals surface area contributed by atoms with Crippen LogP contribution in [0.5, 0.6) is 11.5 Å². The van der Waals surface area contributed by atoms with Crippen molar-refractivity contribution in [3.8, 4) is 11.5 Å². The molecular formula is C42H45Cl2N3O5. The molecule has 0 fully saturated rings. The lowest BCUT2D eigenvalue weighted by Gasteiger charge is -2.36. The van der Waals surface area contributed by atoms with Gasteiger partial charge in [0.05, 0.1) is 16.6 Å². The van der Waals surface area contributed by atoms with Gasteiger partial charge in [0.2, 0.25) is 5.78 Å². The van der Waals surface area contributed by atoms with E-state index in [2.05, 4.69) is 29.7 Å². The Labute approximate surface area is 315 Å². The Morgan fingerprint density at radius 1 is 0.846 bits per heavy atom. The fourth-order valence-electron chi connectivity index (χ4n) is 8.32. The predicted octanol–water partition coefficient (Wildman–Crippen LogP) is 9.46. The zero-order valence-electron chi connectivity index (χ0n) is 29.4. The third-order valence-electron chi connectivity index (χ3n) is 10.7.